The van der Waals surface area contributed by atoms with Crippen LogP contribution in [0, 0.1) is 0 Å². The number of benzene rings is 2. The fraction of sp³-hybridized carbons (Fsp3) is 0.0667. The molecule has 0 fully saturated rings. The van der Waals surface area contributed by atoms with Gasteiger partial charge in [-0.05, 0) is 24.3 Å². The maximum Gasteiger partial charge on any atom is 0.221 e. The number of nitrogens with one attached hydrogen (secondary N) is 1. The lowest BCUT2D eigenvalue weighted by atomic mass is 10.1. The van der Waals surface area contributed by atoms with E-state index in [2.05, 4.69) is 5.32 Å². The van der Waals surface area contributed by atoms with Crippen molar-refractivity contribution in [1.29, 1.82) is 0 Å². The average molecular weight is 269 g/mol. The zero-order chi connectivity index (χ0) is 13.4. The lowest BCUT2D eigenvalue weighted by Crippen LogP contribution is -2.07. The predicted molar refractivity (Wildman–Crippen MR) is 79.9 cm³/mol. The van der Waals surface area contributed by atoms with E-state index in [-0.39, 0.29) is 11.3 Å². The van der Waals surface area contributed by atoms with Crippen LogP contribution in [0.4, 0.5) is 5.69 Å². The minimum atomic E-state index is -0.139. The highest BCUT2D eigenvalue weighted by molar-refractivity contribution is 7.25. The van der Waals surface area contributed by atoms with E-state index in [9.17, 15) is 9.59 Å². The Morgan fingerprint density at radius 2 is 1.79 bits per heavy atom. The first-order chi connectivity index (χ1) is 9.16. The van der Waals surface area contributed by atoms with Gasteiger partial charge in [0.1, 0.15) is 0 Å². The van der Waals surface area contributed by atoms with Crippen molar-refractivity contribution in [2.75, 3.05) is 5.32 Å². The molecule has 3 nitrogen and oxygen atoms in total. The Morgan fingerprint density at radius 3 is 2.58 bits per heavy atom. The van der Waals surface area contributed by atoms with Crippen LogP contribution in [0.5, 0.6) is 0 Å². The first kappa shape index (κ1) is 11.9. The molecule has 1 heterocycles. The van der Waals surface area contributed by atoms with Gasteiger partial charge in [0.05, 0.1) is 10.4 Å². The topological polar surface area (TPSA) is 46.2 Å². The zero-order valence-electron chi connectivity index (χ0n) is 10.3. The van der Waals surface area contributed by atoms with Crippen LogP contribution < -0.4 is 10.7 Å². The fourth-order valence-corrected chi connectivity index (χ4v) is 3.25. The second-order valence-electron chi connectivity index (χ2n) is 4.29. The highest BCUT2D eigenvalue weighted by Gasteiger charge is 2.09. The van der Waals surface area contributed by atoms with Gasteiger partial charge in [-0.15, -0.1) is 11.3 Å². The van der Waals surface area contributed by atoms with E-state index in [1.54, 1.807) is 12.1 Å². The molecule has 0 bridgehead atoms. The lowest BCUT2D eigenvalue weighted by Gasteiger charge is -2.07. The summed E-state index contributed by atoms with van der Waals surface area (Å²) in [5.41, 5.74) is 0.703. The van der Waals surface area contributed by atoms with Crippen molar-refractivity contribution < 1.29 is 4.79 Å². The molecule has 0 saturated heterocycles. The number of carbonyl (C=O) groups excluding carboxylic acids is 1. The Morgan fingerprint density at radius 1 is 1.05 bits per heavy atom. The fourth-order valence-electron chi connectivity index (χ4n) is 2.11. The molecule has 1 amide bonds. The number of hydrogen-bond acceptors (Lipinski definition) is 3. The van der Waals surface area contributed by atoms with Gasteiger partial charge in [-0.3, -0.25) is 9.59 Å². The molecule has 1 N–H and O–H groups in total. The molecule has 0 aliphatic carbocycles. The molecule has 0 atom stereocenters. The SMILES string of the molecule is CC(=O)Nc1cccc2c(=O)c3ccccc3sc12. The smallest absolute Gasteiger partial charge is 0.221 e. The lowest BCUT2D eigenvalue weighted by molar-refractivity contribution is -0.114. The van der Waals surface area contributed by atoms with Gasteiger partial charge < -0.3 is 5.32 Å². The highest BCUT2D eigenvalue weighted by Crippen LogP contribution is 2.30. The van der Waals surface area contributed by atoms with Gasteiger partial charge in [0.25, 0.3) is 0 Å². The number of hydrogen-bond donors (Lipinski definition) is 1. The summed E-state index contributed by atoms with van der Waals surface area (Å²) in [6, 6.07) is 12.9. The van der Waals surface area contributed by atoms with E-state index < -0.39 is 0 Å². The van der Waals surface area contributed by atoms with E-state index in [4.69, 9.17) is 0 Å². The molecule has 4 heteroatoms. The van der Waals surface area contributed by atoms with Crippen molar-refractivity contribution in [3.8, 4) is 0 Å². The summed E-state index contributed by atoms with van der Waals surface area (Å²) in [5, 5.41) is 4.14. The summed E-state index contributed by atoms with van der Waals surface area (Å²) in [4.78, 5) is 23.6. The van der Waals surface area contributed by atoms with Gasteiger partial charge in [0, 0.05) is 22.4 Å². The Balaban J connectivity index is 2.44. The van der Waals surface area contributed by atoms with Gasteiger partial charge in [0.15, 0.2) is 5.43 Å². The summed E-state index contributed by atoms with van der Waals surface area (Å²) in [6.07, 6.45) is 0. The van der Waals surface area contributed by atoms with Crippen molar-refractivity contribution in [3.63, 3.8) is 0 Å². The largest absolute Gasteiger partial charge is 0.325 e. The molecule has 0 saturated carbocycles. The number of fused-ring (bicyclic) bond motifs is 2. The van der Waals surface area contributed by atoms with Crippen LogP contribution >= 0.6 is 11.3 Å². The average Bonchev–Trinajstić information content (AvgIpc) is 2.40. The molecule has 94 valence electrons. The third kappa shape index (κ3) is 2.00. The zero-order valence-corrected chi connectivity index (χ0v) is 11.1. The van der Waals surface area contributed by atoms with Crippen LogP contribution in [0.3, 0.4) is 0 Å². The predicted octanol–water partition coefficient (Wildman–Crippen LogP) is 3.37. The second-order valence-corrected chi connectivity index (χ2v) is 5.34. The van der Waals surface area contributed by atoms with Crippen LogP contribution in [0.2, 0.25) is 0 Å². The van der Waals surface area contributed by atoms with Crippen molar-refractivity contribution >= 4 is 43.1 Å². The van der Waals surface area contributed by atoms with Crippen LogP contribution in [-0.2, 0) is 4.79 Å². The van der Waals surface area contributed by atoms with Crippen LogP contribution in [0.15, 0.2) is 47.3 Å². The highest BCUT2D eigenvalue weighted by atomic mass is 32.1. The summed E-state index contributed by atoms with van der Waals surface area (Å²) in [7, 11) is 0. The van der Waals surface area contributed by atoms with Crippen molar-refractivity contribution in [2.45, 2.75) is 6.92 Å². The number of amides is 1. The third-order valence-corrected chi connectivity index (χ3v) is 4.13. The minimum Gasteiger partial charge on any atom is -0.325 e. The van der Waals surface area contributed by atoms with Crippen molar-refractivity contribution in [3.05, 3.63) is 52.7 Å². The summed E-state index contributed by atoms with van der Waals surface area (Å²) in [6.45, 7) is 1.46. The molecule has 19 heavy (non-hydrogen) atoms. The van der Waals surface area contributed by atoms with Gasteiger partial charge in [-0.25, -0.2) is 0 Å². The molecule has 0 radical (unpaired) electrons. The molecular weight excluding hydrogens is 258 g/mol. The van der Waals surface area contributed by atoms with Crippen molar-refractivity contribution in [2.24, 2.45) is 0 Å². The van der Waals surface area contributed by atoms with E-state index in [1.807, 2.05) is 30.3 Å². The third-order valence-electron chi connectivity index (χ3n) is 2.91. The monoisotopic (exact) mass is 269 g/mol. The quantitative estimate of drug-likeness (QED) is 0.688. The first-order valence-electron chi connectivity index (χ1n) is 5.89. The normalized spacial score (nSPS) is 10.8. The molecule has 2 aromatic carbocycles. The number of carbonyl (C=O) groups is 1. The van der Waals surface area contributed by atoms with Gasteiger partial charge in [-0.1, -0.05) is 18.2 Å². The molecule has 0 aliphatic rings. The maximum absolute atomic E-state index is 12.4. The van der Waals surface area contributed by atoms with E-state index in [1.165, 1.54) is 18.3 Å². The van der Waals surface area contributed by atoms with E-state index >= 15 is 0 Å². The van der Waals surface area contributed by atoms with Crippen molar-refractivity contribution in [1.82, 2.24) is 0 Å². The Kier molecular flexibility index (Phi) is 2.80. The molecule has 1 aromatic heterocycles. The Bertz CT molecular complexity index is 852. The second kappa shape index (κ2) is 4.48. The number of anilines is 1. The molecule has 0 aliphatic heterocycles. The van der Waals surface area contributed by atoms with Gasteiger partial charge in [-0.2, -0.15) is 0 Å². The maximum atomic E-state index is 12.4. The Labute approximate surface area is 113 Å². The Hall–Kier alpha value is -2.20. The summed E-state index contributed by atoms with van der Waals surface area (Å²) >= 11 is 1.52. The number of rotatable bonds is 1. The molecule has 3 aromatic rings. The van der Waals surface area contributed by atoms with Crippen LogP contribution in [-0.4, -0.2) is 5.91 Å². The van der Waals surface area contributed by atoms with E-state index in [0.717, 1.165) is 14.8 Å². The van der Waals surface area contributed by atoms with E-state index in [0.29, 0.717) is 11.1 Å². The van der Waals surface area contributed by atoms with Gasteiger partial charge in [0.2, 0.25) is 5.91 Å². The van der Waals surface area contributed by atoms with Gasteiger partial charge >= 0.3 is 0 Å². The molecular formula is C15H11NO2S. The van der Waals surface area contributed by atoms with Crippen LogP contribution in [0.25, 0.3) is 20.2 Å². The molecule has 0 unspecified atom stereocenters. The first-order valence-corrected chi connectivity index (χ1v) is 6.70. The minimum absolute atomic E-state index is 0.0107. The van der Waals surface area contributed by atoms with Crippen LogP contribution in [0.1, 0.15) is 6.92 Å². The summed E-state index contributed by atoms with van der Waals surface area (Å²) < 4.78 is 1.75. The summed E-state index contributed by atoms with van der Waals surface area (Å²) in [5.74, 6) is -0.139. The molecule has 0 spiro atoms. The molecule has 3 rings (SSSR count). The standard InChI is InChI=1S/C15H11NO2S/c1-9(17)16-12-7-4-6-11-14(18)10-5-2-3-8-13(10)19-15(11)12/h2-8H,1H3,(H,16,17).